The van der Waals surface area contributed by atoms with Crippen LogP contribution in [0.25, 0.3) is 10.9 Å². The molecule has 2 aromatic carbocycles. The van der Waals surface area contributed by atoms with Crippen molar-refractivity contribution in [3.05, 3.63) is 67.7 Å². The number of benzene rings is 2. The van der Waals surface area contributed by atoms with E-state index in [1.54, 1.807) is 18.2 Å². The maximum atomic E-state index is 13.3. The number of ether oxygens (including phenoxy) is 1. The van der Waals surface area contributed by atoms with Crippen molar-refractivity contribution in [1.82, 2.24) is 9.55 Å². The van der Waals surface area contributed by atoms with Gasteiger partial charge in [0, 0.05) is 12.1 Å². The van der Waals surface area contributed by atoms with E-state index < -0.39 is 22.3 Å². The first-order valence-electron chi connectivity index (χ1n) is 8.85. The summed E-state index contributed by atoms with van der Waals surface area (Å²) in [6, 6.07) is 7.55. The zero-order chi connectivity index (χ0) is 22.5. The van der Waals surface area contributed by atoms with Crippen molar-refractivity contribution in [3.8, 4) is 0 Å². The summed E-state index contributed by atoms with van der Waals surface area (Å²) in [4.78, 5) is 39.9. The van der Waals surface area contributed by atoms with E-state index in [4.69, 9.17) is 16.3 Å². The quantitative estimate of drug-likeness (QED) is 0.234. The van der Waals surface area contributed by atoms with Gasteiger partial charge < -0.3 is 10.1 Å². The van der Waals surface area contributed by atoms with Gasteiger partial charge >= 0.3 is 0 Å². The molecule has 0 saturated heterocycles. The fraction of sp³-hybridized carbons (Fsp3) is 0.211. The molecule has 0 aliphatic carbocycles. The zero-order valence-electron chi connectivity index (χ0n) is 16.1. The second-order valence-corrected chi connectivity index (χ2v) is 7.64. The third-order valence-corrected chi connectivity index (χ3v) is 5.38. The molecule has 1 N–H and O–H groups in total. The minimum atomic E-state index is -0.791. The number of nitro benzene ring substituents is 1. The highest BCUT2D eigenvalue weighted by Gasteiger charge is 2.18. The molecule has 0 atom stereocenters. The Morgan fingerprint density at radius 3 is 2.84 bits per heavy atom. The fourth-order valence-corrected chi connectivity index (χ4v) is 3.73. The molecule has 0 radical (unpaired) electrons. The molecule has 0 aliphatic heterocycles. The number of methoxy groups -OCH3 is 1. The molecular weight excluding hydrogens is 451 g/mol. The highest BCUT2D eigenvalue weighted by atomic mass is 35.5. The lowest BCUT2D eigenvalue weighted by Crippen LogP contribution is -2.26. The minimum absolute atomic E-state index is 0.132. The van der Waals surface area contributed by atoms with Gasteiger partial charge in [0.1, 0.15) is 11.5 Å². The molecule has 0 spiro atoms. The summed E-state index contributed by atoms with van der Waals surface area (Å²) in [6.45, 7) is 0.469. The Labute approximate surface area is 184 Å². The zero-order valence-corrected chi connectivity index (χ0v) is 17.7. The highest BCUT2D eigenvalue weighted by molar-refractivity contribution is 7.99. The van der Waals surface area contributed by atoms with E-state index in [9.17, 15) is 24.1 Å². The average Bonchev–Trinajstić information content (AvgIpc) is 2.72. The van der Waals surface area contributed by atoms with Crippen LogP contribution in [-0.2, 0) is 16.1 Å². The number of nitrogens with zero attached hydrogens (tertiary/aromatic N) is 3. The summed E-state index contributed by atoms with van der Waals surface area (Å²) in [5.41, 5.74) is -0.625. The van der Waals surface area contributed by atoms with Crippen molar-refractivity contribution in [1.29, 1.82) is 0 Å². The maximum absolute atomic E-state index is 13.3. The number of nitro groups is 1. The molecule has 3 aromatic rings. The monoisotopic (exact) mass is 466 g/mol. The average molecular weight is 467 g/mol. The standard InChI is InChI=1S/C19H16ClFN4O5S/c1-30-7-6-24-18(27)13-4-2-11(20)8-15(13)23-19(24)31-10-17(26)22-14-5-3-12(21)9-16(14)25(28)29/h2-5,8-9H,6-7,10H2,1H3,(H,22,26). The molecule has 0 aliphatic rings. The summed E-state index contributed by atoms with van der Waals surface area (Å²) in [6.07, 6.45) is 0. The van der Waals surface area contributed by atoms with Crippen molar-refractivity contribution in [2.45, 2.75) is 11.7 Å². The van der Waals surface area contributed by atoms with Crippen LogP contribution in [0.3, 0.4) is 0 Å². The first-order valence-corrected chi connectivity index (χ1v) is 10.2. The summed E-state index contributed by atoms with van der Waals surface area (Å²) in [5, 5.41) is 14.5. The molecule has 0 unspecified atom stereocenters. The van der Waals surface area contributed by atoms with E-state index in [-0.39, 0.29) is 35.3 Å². The Balaban J connectivity index is 1.85. The minimum Gasteiger partial charge on any atom is -0.383 e. The van der Waals surface area contributed by atoms with E-state index in [2.05, 4.69) is 10.3 Å². The molecule has 0 bridgehead atoms. The fourth-order valence-electron chi connectivity index (χ4n) is 2.74. The number of amides is 1. The molecule has 12 heteroatoms. The second kappa shape index (κ2) is 9.86. The molecule has 1 aromatic heterocycles. The molecule has 162 valence electrons. The third-order valence-electron chi connectivity index (χ3n) is 4.16. The van der Waals surface area contributed by atoms with Gasteiger partial charge in [-0.3, -0.25) is 24.3 Å². The largest absolute Gasteiger partial charge is 0.383 e. The maximum Gasteiger partial charge on any atom is 0.295 e. The lowest BCUT2D eigenvalue weighted by atomic mass is 10.2. The number of nitrogens with one attached hydrogen (secondary N) is 1. The number of fused-ring (bicyclic) bond motifs is 1. The van der Waals surface area contributed by atoms with Gasteiger partial charge in [-0.1, -0.05) is 23.4 Å². The number of hydrogen-bond donors (Lipinski definition) is 1. The predicted octanol–water partition coefficient (Wildman–Crippen LogP) is 3.47. The van der Waals surface area contributed by atoms with Gasteiger partial charge in [0.15, 0.2) is 5.16 Å². The van der Waals surface area contributed by atoms with Crippen LogP contribution in [0.15, 0.2) is 46.3 Å². The first-order chi connectivity index (χ1) is 14.8. The molecule has 9 nitrogen and oxygen atoms in total. The Hall–Kier alpha value is -3.02. The number of aromatic nitrogens is 2. The summed E-state index contributed by atoms with van der Waals surface area (Å²) < 4.78 is 19.7. The SMILES string of the molecule is COCCn1c(SCC(=O)Nc2ccc(F)cc2[N+](=O)[O-])nc2cc(Cl)ccc2c1=O. The summed E-state index contributed by atoms with van der Waals surface area (Å²) in [7, 11) is 1.50. The van der Waals surface area contributed by atoms with E-state index in [1.807, 2.05) is 0 Å². The number of anilines is 1. The number of hydrogen-bond acceptors (Lipinski definition) is 7. The van der Waals surface area contributed by atoms with Crippen LogP contribution in [0.1, 0.15) is 0 Å². The number of carbonyl (C=O) groups is 1. The number of rotatable bonds is 8. The topological polar surface area (TPSA) is 116 Å². The van der Waals surface area contributed by atoms with E-state index >= 15 is 0 Å². The van der Waals surface area contributed by atoms with Crippen molar-refractivity contribution in [3.63, 3.8) is 0 Å². The van der Waals surface area contributed by atoms with Crippen LogP contribution >= 0.6 is 23.4 Å². The molecule has 31 heavy (non-hydrogen) atoms. The van der Waals surface area contributed by atoms with Gasteiger partial charge in [-0.25, -0.2) is 9.37 Å². The van der Waals surface area contributed by atoms with Crippen molar-refractivity contribution >= 4 is 51.5 Å². The molecule has 0 fully saturated rings. The molecular formula is C19H16ClFN4O5S. The highest BCUT2D eigenvalue weighted by Crippen LogP contribution is 2.26. The number of carbonyl (C=O) groups excluding carboxylic acids is 1. The van der Waals surface area contributed by atoms with Gasteiger partial charge in [-0.2, -0.15) is 0 Å². The molecule has 1 heterocycles. The smallest absolute Gasteiger partial charge is 0.295 e. The Morgan fingerprint density at radius 2 is 2.13 bits per heavy atom. The summed E-state index contributed by atoms with van der Waals surface area (Å²) >= 11 is 6.97. The van der Waals surface area contributed by atoms with Gasteiger partial charge in [-0.05, 0) is 30.3 Å². The first kappa shape index (κ1) is 22.7. The van der Waals surface area contributed by atoms with Gasteiger partial charge in [-0.15, -0.1) is 0 Å². The lowest BCUT2D eigenvalue weighted by molar-refractivity contribution is -0.384. The van der Waals surface area contributed by atoms with Crippen LogP contribution in [0.4, 0.5) is 15.8 Å². The summed E-state index contributed by atoms with van der Waals surface area (Å²) in [5.74, 6) is -1.57. The van der Waals surface area contributed by atoms with Crippen LogP contribution < -0.4 is 10.9 Å². The van der Waals surface area contributed by atoms with Crippen molar-refractivity contribution < 1.29 is 18.8 Å². The van der Waals surface area contributed by atoms with Crippen LogP contribution in [0.5, 0.6) is 0 Å². The second-order valence-electron chi connectivity index (χ2n) is 6.26. The lowest BCUT2D eigenvalue weighted by Gasteiger charge is -2.13. The predicted molar refractivity (Wildman–Crippen MR) is 115 cm³/mol. The molecule has 1 amide bonds. The van der Waals surface area contributed by atoms with Crippen molar-refractivity contribution in [2.24, 2.45) is 0 Å². The third kappa shape index (κ3) is 5.37. The Kier molecular flexibility index (Phi) is 7.21. The normalized spacial score (nSPS) is 10.9. The van der Waals surface area contributed by atoms with Crippen LogP contribution in [0.2, 0.25) is 5.02 Å². The molecule has 0 saturated carbocycles. The molecule has 3 rings (SSSR count). The van der Waals surface area contributed by atoms with Gasteiger partial charge in [0.05, 0.1) is 40.8 Å². The Bertz CT molecular complexity index is 1220. The van der Waals surface area contributed by atoms with Gasteiger partial charge in [0.25, 0.3) is 11.2 Å². The van der Waals surface area contributed by atoms with Crippen molar-refractivity contribution in [2.75, 3.05) is 24.8 Å². The number of halogens is 2. The number of thioether (sulfide) groups is 1. The van der Waals surface area contributed by atoms with E-state index in [0.717, 1.165) is 30.0 Å². The Morgan fingerprint density at radius 1 is 1.35 bits per heavy atom. The van der Waals surface area contributed by atoms with E-state index in [1.165, 1.54) is 11.7 Å². The van der Waals surface area contributed by atoms with E-state index in [0.29, 0.717) is 15.9 Å². The van der Waals surface area contributed by atoms with Crippen LogP contribution in [0, 0.1) is 15.9 Å². The van der Waals surface area contributed by atoms with Gasteiger partial charge in [0.2, 0.25) is 5.91 Å². The van der Waals surface area contributed by atoms with Crippen LogP contribution in [-0.4, -0.2) is 39.9 Å².